The van der Waals surface area contributed by atoms with Crippen molar-refractivity contribution in [1.82, 2.24) is 4.98 Å². The van der Waals surface area contributed by atoms with Gasteiger partial charge in [-0.25, -0.2) is 4.98 Å². The average molecular weight is 484 g/mol. The van der Waals surface area contributed by atoms with Gasteiger partial charge in [-0.3, -0.25) is 4.79 Å². The van der Waals surface area contributed by atoms with Crippen LogP contribution < -0.4 is 5.32 Å². The highest BCUT2D eigenvalue weighted by Gasteiger charge is 2.16. The van der Waals surface area contributed by atoms with Crippen LogP contribution in [0.15, 0.2) is 81.6 Å². The van der Waals surface area contributed by atoms with Crippen molar-refractivity contribution in [2.45, 2.75) is 0 Å². The first-order valence-electron chi connectivity index (χ1n) is 9.50. The number of rotatable bonds is 4. The Bertz CT molecular complexity index is 1470. The Labute approximate surface area is 197 Å². The van der Waals surface area contributed by atoms with Crippen LogP contribution in [-0.2, 0) is 0 Å². The number of fused-ring (bicyclic) bond motifs is 1. The van der Waals surface area contributed by atoms with Crippen molar-refractivity contribution in [1.29, 1.82) is 0 Å². The summed E-state index contributed by atoms with van der Waals surface area (Å²) in [7, 11) is 0. The molecule has 2 aromatic heterocycles. The Morgan fingerprint density at radius 1 is 0.812 bits per heavy atom. The van der Waals surface area contributed by atoms with Crippen LogP contribution in [0.5, 0.6) is 0 Å². The zero-order valence-corrected chi connectivity index (χ0v) is 18.5. The molecule has 8 heteroatoms. The maximum atomic E-state index is 12.7. The number of nitrogens with one attached hydrogen (secondary N) is 1. The van der Waals surface area contributed by atoms with Crippen LogP contribution >= 0.6 is 34.8 Å². The van der Waals surface area contributed by atoms with E-state index in [-0.39, 0.29) is 5.76 Å². The topological polar surface area (TPSA) is 68.3 Å². The van der Waals surface area contributed by atoms with E-state index in [0.717, 1.165) is 0 Å². The van der Waals surface area contributed by atoms with Gasteiger partial charge in [0.15, 0.2) is 11.3 Å². The van der Waals surface area contributed by atoms with Crippen molar-refractivity contribution in [3.63, 3.8) is 0 Å². The fraction of sp³-hybridized carbons (Fsp3) is 0. The molecule has 0 aliphatic carbocycles. The molecule has 1 N–H and O–H groups in total. The van der Waals surface area contributed by atoms with Crippen LogP contribution in [0.1, 0.15) is 10.6 Å². The highest BCUT2D eigenvalue weighted by molar-refractivity contribution is 6.43. The summed E-state index contributed by atoms with van der Waals surface area (Å²) >= 11 is 18.5. The highest BCUT2D eigenvalue weighted by atomic mass is 35.5. The molecule has 0 fully saturated rings. The first kappa shape index (κ1) is 20.6. The first-order valence-corrected chi connectivity index (χ1v) is 10.6. The number of anilines is 1. The zero-order valence-electron chi connectivity index (χ0n) is 16.2. The Morgan fingerprint density at radius 2 is 1.59 bits per heavy atom. The van der Waals surface area contributed by atoms with Crippen LogP contribution in [0.3, 0.4) is 0 Å². The van der Waals surface area contributed by atoms with Crippen LogP contribution in [0.4, 0.5) is 5.69 Å². The second-order valence-electron chi connectivity index (χ2n) is 6.90. The van der Waals surface area contributed by atoms with Gasteiger partial charge in [-0.2, -0.15) is 0 Å². The van der Waals surface area contributed by atoms with Gasteiger partial charge in [0, 0.05) is 11.3 Å². The van der Waals surface area contributed by atoms with Gasteiger partial charge in [-0.15, -0.1) is 0 Å². The van der Waals surface area contributed by atoms with E-state index in [0.29, 0.717) is 54.6 Å². The fourth-order valence-corrected chi connectivity index (χ4v) is 3.86. The summed E-state index contributed by atoms with van der Waals surface area (Å²) < 4.78 is 11.5. The molecule has 0 saturated heterocycles. The van der Waals surface area contributed by atoms with E-state index in [9.17, 15) is 4.79 Å². The number of amides is 1. The van der Waals surface area contributed by atoms with E-state index in [4.69, 9.17) is 43.6 Å². The molecular weight excluding hydrogens is 471 g/mol. The van der Waals surface area contributed by atoms with E-state index < -0.39 is 5.91 Å². The summed E-state index contributed by atoms with van der Waals surface area (Å²) in [5.74, 6) is 0.568. The van der Waals surface area contributed by atoms with Gasteiger partial charge in [-0.05, 0) is 54.6 Å². The third-order valence-corrected chi connectivity index (χ3v) is 5.95. The van der Waals surface area contributed by atoms with Crippen LogP contribution in [0.2, 0.25) is 15.1 Å². The summed E-state index contributed by atoms with van der Waals surface area (Å²) in [5.41, 5.74) is 3.01. The molecule has 32 heavy (non-hydrogen) atoms. The van der Waals surface area contributed by atoms with Gasteiger partial charge in [0.2, 0.25) is 5.89 Å². The Balaban J connectivity index is 1.39. The lowest BCUT2D eigenvalue weighted by atomic mass is 10.2. The molecule has 158 valence electrons. The summed E-state index contributed by atoms with van der Waals surface area (Å²) in [6, 6.07) is 20.9. The molecule has 3 aromatic carbocycles. The second-order valence-corrected chi connectivity index (χ2v) is 8.09. The van der Waals surface area contributed by atoms with E-state index in [1.165, 1.54) is 0 Å². The van der Waals surface area contributed by atoms with Crippen molar-refractivity contribution >= 4 is 57.5 Å². The predicted octanol–water partition coefficient (Wildman–Crippen LogP) is 7.97. The fourth-order valence-electron chi connectivity index (χ4n) is 3.25. The predicted molar refractivity (Wildman–Crippen MR) is 127 cm³/mol. The smallest absolute Gasteiger partial charge is 0.291 e. The Morgan fingerprint density at radius 3 is 2.44 bits per heavy atom. The molecule has 0 unspecified atom stereocenters. The van der Waals surface area contributed by atoms with Gasteiger partial charge in [0.05, 0.1) is 20.6 Å². The van der Waals surface area contributed by atoms with E-state index in [1.807, 2.05) is 18.2 Å². The Hall–Kier alpha value is -3.25. The molecule has 0 aliphatic heterocycles. The third-order valence-electron chi connectivity index (χ3n) is 4.80. The SMILES string of the molecule is O=C(Nc1ccc2oc(-c3ccccc3Cl)nc2c1)c1ccc(-c2cccc(Cl)c2Cl)o1. The second kappa shape index (κ2) is 8.36. The van der Waals surface area contributed by atoms with Gasteiger partial charge in [0.25, 0.3) is 5.91 Å². The van der Waals surface area contributed by atoms with Gasteiger partial charge in [-0.1, -0.05) is 53.0 Å². The minimum atomic E-state index is -0.413. The molecule has 5 rings (SSSR count). The molecule has 1 amide bonds. The standard InChI is InChI=1S/C24H13Cl3N2O3/c25-16-6-2-1-4-14(16)24-29-18-12-13(8-9-20(18)32-24)28-23(30)21-11-10-19(31-21)15-5-3-7-17(26)22(15)27/h1-12H,(H,28,30). The van der Waals surface area contributed by atoms with Crippen molar-refractivity contribution in [2.24, 2.45) is 0 Å². The van der Waals surface area contributed by atoms with Crippen molar-refractivity contribution in [3.8, 4) is 22.8 Å². The minimum absolute atomic E-state index is 0.132. The summed E-state index contributed by atoms with van der Waals surface area (Å²) in [6.07, 6.45) is 0. The number of nitrogens with zero attached hydrogens (tertiary/aromatic N) is 1. The van der Waals surface area contributed by atoms with Crippen LogP contribution in [0, 0.1) is 0 Å². The largest absolute Gasteiger partial charge is 0.451 e. The molecule has 0 bridgehead atoms. The first-order chi connectivity index (χ1) is 15.5. The lowest BCUT2D eigenvalue weighted by molar-refractivity contribution is 0.0997. The normalized spacial score (nSPS) is 11.1. The molecule has 0 atom stereocenters. The number of hydrogen-bond donors (Lipinski definition) is 1. The molecular formula is C24H13Cl3N2O3. The number of halogens is 3. The molecule has 2 heterocycles. The lowest BCUT2D eigenvalue weighted by Gasteiger charge is -2.04. The molecule has 0 saturated carbocycles. The molecule has 5 aromatic rings. The minimum Gasteiger partial charge on any atom is -0.451 e. The summed E-state index contributed by atoms with van der Waals surface area (Å²) in [4.78, 5) is 17.2. The van der Waals surface area contributed by atoms with E-state index >= 15 is 0 Å². The number of hydrogen-bond acceptors (Lipinski definition) is 4. The monoisotopic (exact) mass is 482 g/mol. The van der Waals surface area contributed by atoms with E-state index in [2.05, 4.69) is 10.3 Å². The summed E-state index contributed by atoms with van der Waals surface area (Å²) in [5, 5.41) is 4.11. The zero-order chi connectivity index (χ0) is 22.2. The van der Waals surface area contributed by atoms with Crippen molar-refractivity contribution in [2.75, 3.05) is 5.32 Å². The third kappa shape index (κ3) is 3.86. The van der Waals surface area contributed by atoms with Crippen molar-refractivity contribution in [3.05, 3.63) is 93.6 Å². The number of carbonyl (C=O) groups is 1. The van der Waals surface area contributed by atoms with Crippen LogP contribution in [-0.4, -0.2) is 10.9 Å². The maximum Gasteiger partial charge on any atom is 0.291 e. The highest BCUT2D eigenvalue weighted by Crippen LogP contribution is 2.35. The molecule has 0 aliphatic rings. The van der Waals surface area contributed by atoms with Gasteiger partial charge < -0.3 is 14.2 Å². The Kier molecular flexibility index (Phi) is 5.39. The number of carbonyl (C=O) groups excluding carboxylic acids is 1. The maximum absolute atomic E-state index is 12.7. The van der Waals surface area contributed by atoms with Crippen molar-refractivity contribution < 1.29 is 13.6 Å². The number of benzene rings is 3. The van der Waals surface area contributed by atoms with Gasteiger partial charge in [0.1, 0.15) is 11.3 Å². The number of furan rings is 1. The van der Waals surface area contributed by atoms with Crippen LogP contribution in [0.25, 0.3) is 33.9 Å². The van der Waals surface area contributed by atoms with Gasteiger partial charge >= 0.3 is 0 Å². The molecule has 0 radical (unpaired) electrons. The van der Waals surface area contributed by atoms with E-state index in [1.54, 1.807) is 54.6 Å². The number of oxazole rings is 1. The summed E-state index contributed by atoms with van der Waals surface area (Å²) in [6.45, 7) is 0. The molecule has 0 spiro atoms. The lowest BCUT2D eigenvalue weighted by Crippen LogP contribution is -2.10. The number of aromatic nitrogens is 1. The molecule has 5 nitrogen and oxygen atoms in total. The average Bonchev–Trinajstić information content (AvgIpc) is 3.43. The quantitative estimate of drug-likeness (QED) is 0.281.